The summed E-state index contributed by atoms with van der Waals surface area (Å²) in [6.07, 6.45) is 2.55. The highest BCUT2D eigenvalue weighted by Gasteiger charge is 2.32. The van der Waals surface area contributed by atoms with Crippen molar-refractivity contribution >= 4 is 19.7 Å². The first kappa shape index (κ1) is 29.5. The quantitative estimate of drug-likeness (QED) is 0.110. The summed E-state index contributed by atoms with van der Waals surface area (Å²) in [6.45, 7) is 6.76. The fourth-order valence-electron chi connectivity index (χ4n) is 5.49. The molecule has 2 nitrogen and oxygen atoms in total. The molecular weight excluding hydrogens is 531 g/mol. The summed E-state index contributed by atoms with van der Waals surface area (Å²) >= 11 is 0. The largest absolute Gasteiger partial charge is 0.488 e. The van der Waals surface area contributed by atoms with E-state index in [4.69, 9.17) is 4.74 Å². The summed E-state index contributed by atoms with van der Waals surface area (Å²) in [7, 11) is 0.413. The maximum Gasteiger partial charge on any atom is 0.160 e. The molecule has 5 rings (SSSR count). The van der Waals surface area contributed by atoms with Crippen molar-refractivity contribution in [1.29, 1.82) is 0 Å². The zero-order valence-electron chi connectivity index (χ0n) is 24.8. The Morgan fingerprint density at radius 3 is 1.83 bits per heavy atom. The molecule has 0 radical (unpaired) electrons. The van der Waals surface area contributed by atoms with Gasteiger partial charge in [-0.25, -0.2) is 0 Å². The minimum Gasteiger partial charge on any atom is -0.488 e. The van der Waals surface area contributed by atoms with Gasteiger partial charge in [-0.3, -0.25) is 4.79 Å². The second-order valence-corrected chi connectivity index (χ2v) is 13.0. The van der Waals surface area contributed by atoms with Crippen molar-refractivity contribution in [3.8, 4) is 5.75 Å². The van der Waals surface area contributed by atoms with Crippen LogP contribution in [0.3, 0.4) is 0 Å². The lowest BCUT2D eigenvalue weighted by Crippen LogP contribution is -2.23. The minimum absolute atomic E-state index is 0.111. The van der Waals surface area contributed by atoms with Crippen LogP contribution in [-0.2, 0) is 24.6 Å². The van der Waals surface area contributed by atoms with Crippen LogP contribution in [0.4, 0.5) is 0 Å². The molecule has 5 aromatic carbocycles. The highest BCUT2D eigenvalue weighted by molar-refractivity contribution is 7.48. The Morgan fingerprint density at radius 2 is 1.24 bits per heavy atom. The minimum atomic E-state index is -0.226. The number of hydrogen-bond acceptors (Lipinski definition) is 2. The Hall–Kier alpha value is -4.00. The van der Waals surface area contributed by atoms with E-state index in [1.165, 1.54) is 27.8 Å². The van der Waals surface area contributed by atoms with E-state index < -0.39 is 0 Å². The molecule has 212 valence electrons. The van der Waals surface area contributed by atoms with E-state index >= 15 is 0 Å². The third-order valence-electron chi connectivity index (χ3n) is 7.96. The Kier molecular flexibility index (Phi) is 9.67. The van der Waals surface area contributed by atoms with E-state index in [-0.39, 0.29) is 10.9 Å². The maximum atomic E-state index is 12.6. The number of Topliss-reactive ketones (excluding diaryl/α,β-unsaturated/α-hetero) is 1. The fraction of sp³-hybridized carbons (Fsp3) is 0.205. The molecule has 0 fully saturated rings. The Bertz CT molecular complexity index is 1610. The summed E-state index contributed by atoms with van der Waals surface area (Å²) in [4.78, 5) is 12.6. The average Bonchev–Trinajstić information content (AvgIpc) is 3.02. The Morgan fingerprint density at radius 1 is 0.690 bits per heavy atom. The number of carbonyl (C=O) groups is 1. The molecule has 2 atom stereocenters. The first-order valence-electron chi connectivity index (χ1n) is 14.7. The van der Waals surface area contributed by atoms with Crippen molar-refractivity contribution in [1.82, 2.24) is 0 Å². The van der Waals surface area contributed by atoms with E-state index in [1.807, 2.05) is 24.3 Å². The molecule has 3 heteroatoms. The number of benzene rings is 5. The molecule has 0 N–H and O–H groups in total. The zero-order valence-corrected chi connectivity index (χ0v) is 25.8. The number of carbonyl (C=O) groups excluding carboxylic acids is 1. The second kappa shape index (κ2) is 13.8. The van der Waals surface area contributed by atoms with Gasteiger partial charge < -0.3 is 4.74 Å². The van der Waals surface area contributed by atoms with E-state index in [0.717, 1.165) is 41.4 Å². The van der Waals surface area contributed by atoms with E-state index in [9.17, 15) is 4.79 Å². The van der Waals surface area contributed by atoms with Gasteiger partial charge in [-0.2, -0.15) is 0 Å². The predicted molar refractivity (Wildman–Crippen MR) is 178 cm³/mol. The fourth-order valence-corrected chi connectivity index (χ4v) is 7.15. The van der Waals surface area contributed by atoms with Gasteiger partial charge in [0.25, 0.3) is 0 Å². The lowest BCUT2D eigenvalue weighted by molar-refractivity contribution is 0.101. The third-order valence-corrected chi connectivity index (χ3v) is 9.84. The molecule has 0 heterocycles. The average molecular weight is 571 g/mol. The van der Waals surface area contributed by atoms with Gasteiger partial charge >= 0.3 is 0 Å². The van der Waals surface area contributed by atoms with Crippen molar-refractivity contribution in [3.05, 3.63) is 166 Å². The van der Waals surface area contributed by atoms with Crippen molar-refractivity contribution in [2.75, 3.05) is 0 Å². The van der Waals surface area contributed by atoms with E-state index in [1.54, 1.807) is 6.92 Å². The summed E-state index contributed by atoms with van der Waals surface area (Å²) in [5.74, 6) is 1.08. The molecule has 0 saturated heterocycles. The summed E-state index contributed by atoms with van der Waals surface area (Å²) in [5.41, 5.74) is 8.19. The first-order valence-corrected chi connectivity index (χ1v) is 15.7. The summed E-state index contributed by atoms with van der Waals surface area (Å²) in [6, 6.07) is 44.5. The molecule has 0 aliphatic heterocycles. The van der Waals surface area contributed by atoms with Crippen molar-refractivity contribution in [3.63, 3.8) is 0 Å². The van der Waals surface area contributed by atoms with Gasteiger partial charge in [0.15, 0.2) is 5.78 Å². The van der Waals surface area contributed by atoms with Crippen LogP contribution in [0.25, 0.3) is 0 Å². The van der Waals surface area contributed by atoms with Gasteiger partial charge in [0.2, 0.25) is 0 Å². The molecule has 0 spiro atoms. The van der Waals surface area contributed by atoms with Crippen molar-refractivity contribution in [2.45, 2.75) is 51.8 Å². The van der Waals surface area contributed by atoms with Gasteiger partial charge in [0.1, 0.15) is 12.4 Å². The molecule has 0 saturated carbocycles. The molecule has 5 aromatic rings. The van der Waals surface area contributed by atoms with Crippen LogP contribution in [-0.4, -0.2) is 5.78 Å². The Labute approximate surface area is 252 Å². The topological polar surface area (TPSA) is 26.3 Å². The van der Waals surface area contributed by atoms with Gasteiger partial charge in [-0.15, -0.1) is 0 Å². The maximum absolute atomic E-state index is 12.6. The molecule has 0 aliphatic rings. The van der Waals surface area contributed by atoms with Crippen LogP contribution >= 0.6 is 8.58 Å². The summed E-state index contributed by atoms with van der Waals surface area (Å²) < 4.78 is 6.83. The highest BCUT2D eigenvalue weighted by atomic mass is 31.1. The normalized spacial score (nSPS) is 12.7. The zero-order chi connectivity index (χ0) is 29.4. The molecule has 0 aliphatic carbocycles. The van der Waals surface area contributed by atoms with Crippen LogP contribution in [0.2, 0.25) is 0 Å². The van der Waals surface area contributed by atoms with Crippen molar-refractivity contribution in [2.24, 2.45) is 0 Å². The van der Waals surface area contributed by atoms with Crippen LogP contribution < -0.4 is 10.0 Å². The first-order chi connectivity index (χ1) is 20.4. The smallest absolute Gasteiger partial charge is 0.160 e. The number of rotatable bonds is 12. The molecule has 0 amide bonds. The molecular formula is C39H39O2P. The van der Waals surface area contributed by atoms with Crippen LogP contribution in [0, 0.1) is 0 Å². The standard InChI is InChI=1S/C39H39O2P/c1-4-39(3,42-37-23-15-14-22-35(37)29(2)40)36-27-33(24-30-16-8-5-9-17-30)26-34(25-31-18-10-6-11-19-31)38(36)41-28-32-20-12-7-13-21-32/h5-23,26-27,42H,4,24-25,28H2,1-3H3. The van der Waals surface area contributed by atoms with Crippen LogP contribution in [0.15, 0.2) is 127 Å². The van der Waals surface area contributed by atoms with Crippen LogP contribution in [0.5, 0.6) is 5.75 Å². The predicted octanol–water partition coefficient (Wildman–Crippen LogP) is 9.28. The SMILES string of the molecule is CCC(C)(Pc1ccccc1C(C)=O)c1cc(Cc2ccccc2)cc(Cc2ccccc2)c1OCc1ccccc1. The van der Waals surface area contributed by atoms with Crippen LogP contribution in [0.1, 0.15) is 70.9 Å². The lowest BCUT2D eigenvalue weighted by atomic mass is 9.88. The second-order valence-electron chi connectivity index (χ2n) is 11.1. The molecule has 0 aromatic heterocycles. The molecule has 42 heavy (non-hydrogen) atoms. The highest BCUT2D eigenvalue weighted by Crippen LogP contribution is 2.49. The number of ether oxygens (including phenoxy) is 1. The monoisotopic (exact) mass is 570 g/mol. The molecule has 2 unspecified atom stereocenters. The van der Waals surface area contributed by atoms with Gasteiger partial charge in [0.05, 0.1) is 0 Å². The number of hydrogen-bond donors (Lipinski definition) is 0. The van der Waals surface area contributed by atoms with Crippen molar-refractivity contribution < 1.29 is 9.53 Å². The van der Waals surface area contributed by atoms with Gasteiger partial charge in [0, 0.05) is 22.7 Å². The Balaban J connectivity index is 1.66. The summed E-state index contributed by atoms with van der Waals surface area (Å²) in [5, 5.41) is 0.886. The lowest BCUT2D eigenvalue weighted by Gasteiger charge is -2.33. The van der Waals surface area contributed by atoms with E-state index in [2.05, 4.69) is 117 Å². The van der Waals surface area contributed by atoms with Gasteiger partial charge in [-0.1, -0.05) is 150 Å². The molecule has 0 bridgehead atoms. The van der Waals surface area contributed by atoms with Gasteiger partial charge in [-0.05, 0) is 52.9 Å². The number of ketones is 1. The third kappa shape index (κ3) is 7.25. The van der Waals surface area contributed by atoms with E-state index in [0.29, 0.717) is 15.2 Å².